The summed E-state index contributed by atoms with van der Waals surface area (Å²) in [7, 11) is 0. The van der Waals surface area contributed by atoms with Crippen LogP contribution in [0.5, 0.6) is 0 Å². The van der Waals surface area contributed by atoms with Crippen molar-refractivity contribution in [3.63, 3.8) is 0 Å². The summed E-state index contributed by atoms with van der Waals surface area (Å²) in [5.74, 6) is 0.613. The summed E-state index contributed by atoms with van der Waals surface area (Å²) < 4.78 is 5.07. The number of aliphatic hydroxyl groups is 1. The number of hydrogen-bond acceptors (Lipinski definition) is 4. The van der Waals surface area contributed by atoms with Crippen LogP contribution < -0.4 is 5.32 Å². The molecule has 2 atom stereocenters. The molecular weight excluding hydrogens is 254 g/mol. The van der Waals surface area contributed by atoms with E-state index in [9.17, 15) is 9.90 Å². The van der Waals surface area contributed by atoms with Gasteiger partial charge in [0, 0.05) is 12.6 Å². The zero-order valence-corrected chi connectivity index (χ0v) is 12.9. The van der Waals surface area contributed by atoms with Crippen LogP contribution in [-0.2, 0) is 9.53 Å². The highest BCUT2D eigenvalue weighted by Crippen LogP contribution is 2.33. The molecule has 4 nitrogen and oxygen atoms in total. The van der Waals surface area contributed by atoms with Gasteiger partial charge in [-0.3, -0.25) is 4.79 Å². The Balaban J connectivity index is 1.75. The molecule has 0 spiro atoms. The van der Waals surface area contributed by atoms with Crippen molar-refractivity contribution < 1.29 is 14.6 Å². The van der Waals surface area contributed by atoms with Crippen LogP contribution in [0, 0.1) is 11.8 Å². The fraction of sp³-hybridized carbons (Fsp3) is 0.938. The molecule has 0 aromatic rings. The number of esters is 1. The Morgan fingerprint density at radius 1 is 1.30 bits per heavy atom. The smallest absolute Gasteiger partial charge is 0.308 e. The topological polar surface area (TPSA) is 58.6 Å². The average Bonchev–Trinajstić information content (AvgIpc) is 2.83. The maximum atomic E-state index is 11.7. The third-order valence-electron chi connectivity index (χ3n) is 5.09. The highest BCUT2D eigenvalue weighted by Gasteiger charge is 2.37. The van der Waals surface area contributed by atoms with Gasteiger partial charge >= 0.3 is 5.97 Å². The van der Waals surface area contributed by atoms with Crippen molar-refractivity contribution in [2.24, 2.45) is 11.8 Å². The maximum absolute atomic E-state index is 11.7. The lowest BCUT2D eigenvalue weighted by Gasteiger charge is -2.36. The third-order valence-corrected chi connectivity index (χ3v) is 5.09. The Labute approximate surface area is 122 Å². The molecule has 0 aliphatic heterocycles. The molecule has 0 aromatic carbocycles. The number of carbonyl (C=O) groups is 1. The molecule has 2 rings (SSSR count). The van der Waals surface area contributed by atoms with Gasteiger partial charge in [0.05, 0.1) is 18.1 Å². The Morgan fingerprint density at radius 3 is 2.55 bits per heavy atom. The second-order valence-corrected chi connectivity index (χ2v) is 6.65. The molecule has 2 unspecified atom stereocenters. The molecule has 2 N–H and O–H groups in total. The van der Waals surface area contributed by atoms with E-state index in [-0.39, 0.29) is 11.9 Å². The quantitative estimate of drug-likeness (QED) is 0.760. The van der Waals surface area contributed by atoms with E-state index in [1.54, 1.807) is 0 Å². The molecule has 0 bridgehead atoms. The van der Waals surface area contributed by atoms with Crippen LogP contribution >= 0.6 is 0 Å². The molecule has 2 aliphatic rings. The first-order valence-corrected chi connectivity index (χ1v) is 8.16. The van der Waals surface area contributed by atoms with Crippen LogP contribution in [0.3, 0.4) is 0 Å². The van der Waals surface area contributed by atoms with Crippen molar-refractivity contribution in [3.05, 3.63) is 0 Å². The van der Waals surface area contributed by atoms with Gasteiger partial charge in [-0.15, -0.1) is 0 Å². The molecule has 20 heavy (non-hydrogen) atoms. The lowest BCUT2D eigenvalue weighted by atomic mass is 9.78. The molecular formula is C16H29NO3. The van der Waals surface area contributed by atoms with Crippen molar-refractivity contribution in [1.82, 2.24) is 5.32 Å². The Bertz CT molecular complexity index is 324. The number of nitrogens with one attached hydrogen (secondary N) is 1. The number of hydrogen-bond donors (Lipinski definition) is 2. The second-order valence-electron chi connectivity index (χ2n) is 6.65. The van der Waals surface area contributed by atoms with Gasteiger partial charge in [0.1, 0.15) is 0 Å². The molecule has 2 saturated carbocycles. The van der Waals surface area contributed by atoms with Gasteiger partial charge in [-0.2, -0.15) is 0 Å². The Morgan fingerprint density at radius 2 is 2.00 bits per heavy atom. The van der Waals surface area contributed by atoms with Gasteiger partial charge in [0.15, 0.2) is 0 Å². The summed E-state index contributed by atoms with van der Waals surface area (Å²) in [6.07, 6.45) is 6.70. The van der Waals surface area contributed by atoms with Crippen molar-refractivity contribution in [2.75, 3.05) is 13.2 Å². The van der Waals surface area contributed by atoms with Gasteiger partial charge in [-0.25, -0.2) is 0 Å². The predicted molar refractivity (Wildman–Crippen MR) is 78.3 cm³/mol. The van der Waals surface area contributed by atoms with Gasteiger partial charge < -0.3 is 15.2 Å². The highest BCUT2D eigenvalue weighted by molar-refractivity contribution is 5.72. The molecule has 2 aliphatic carbocycles. The van der Waals surface area contributed by atoms with Crippen molar-refractivity contribution in [2.45, 2.75) is 70.4 Å². The fourth-order valence-electron chi connectivity index (χ4n) is 3.60. The largest absolute Gasteiger partial charge is 0.466 e. The lowest BCUT2D eigenvalue weighted by molar-refractivity contribution is -0.151. The summed E-state index contributed by atoms with van der Waals surface area (Å²) in [6, 6.07) is 0.557. The summed E-state index contributed by atoms with van der Waals surface area (Å²) >= 11 is 0. The lowest BCUT2D eigenvalue weighted by Crippen LogP contribution is -2.47. The monoisotopic (exact) mass is 283 g/mol. The normalized spacial score (nSPS) is 37.9. The Hall–Kier alpha value is -0.610. The zero-order chi connectivity index (χ0) is 14.6. The van der Waals surface area contributed by atoms with E-state index in [0.29, 0.717) is 32.0 Å². The van der Waals surface area contributed by atoms with Crippen LogP contribution in [0.1, 0.15) is 58.8 Å². The van der Waals surface area contributed by atoms with Crippen LogP contribution in [-0.4, -0.2) is 35.9 Å². The molecule has 4 heteroatoms. The average molecular weight is 283 g/mol. The molecule has 0 saturated heterocycles. The molecule has 0 aromatic heterocycles. The van der Waals surface area contributed by atoms with E-state index in [0.717, 1.165) is 18.8 Å². The van der Waals surface area contributed by atoms with E-state index >= 15 is 0 Å². The minimum atomic E-state index is -0.634. The maximum Gasteiger partial charge on any atom is 0.308 e. The van der Waals surface area contributed by atoms with E-state index in [4.69, 9.17) is 4.74 Å². The van der Waals surface area contributed by atoms with Crippen molar-refractivity contribution >= 4 is 5.97 Å². The first-order chi connectivity index (χ1) is 9.54. The van der Waals surface area contributed by atoms with E-state index in [1.807, 2.05) is 6.92 Å². The third kappa shape index (κ3) is 3.95. The minimum Gasteiger partial charge on any atom is -0.466 e. The summed E-state index contributed by atoms with van der Waals surface area (Å²) in [4.78, 5) is 11.7. The van der Waals surface area contributed by atoms with Crippen LogP contribution in [0.25, 0.3) is 0 Å². The zero-order valence-electron chi connectivity index (χ0n) is 12.9. The Kier molecular flexibility index (Phi) is 5.44. The van der Waals surface area contributed by atoms with Crippen molar-refractivity contribution in [3.8, 4) is 0 Å². The first kappa shape index (κ1) is 15.8. The van der Waals surface area contributed by atoms with Gasteiger partial charge in [-0.05, 0) is 51.4 Å². The summed E-state index contributed by atoms with van der Waals surface area (Å²) in [5.41, 5.74) is -0.634. The molecule has 0 amide bonds. The minimum absolute atomic E-state index is 0.0133. The van der Waals surface area contributed by atoms with E-state index in [1.165, 1.54) is 19.3 Å². The van der Waals surface area contributed by atoms with E-state index < -0.39 is 5.60 Å². The number of carbonyl (C=O) groups excluding carboxylic acids is 1. The number of rotatable bonds is 5. The van der Waals surface area contributed by atoms with Crippen molar-refractivity contribution in [1.29, 1.82) is 0 Å². The van der Waals surface area contributed by atoms with Crippen LogP contribution in [0.15, 0.2) is 0 Å². The fourth-order valence-corrected chi connectivity index (χ4v) is 3.60. The van der Waals surface area contributed by atoms with Gasteiger partial charge in [-0.1, -0.05) is 13.3 Å². The standard InChI is InChI=1S/C16H29NO3/c1-3-20-15(18)13-7-9-16(19,10-8-13)11-17-14-6-4-5-12(14)2/h12-14,17,19H,3-11H2,1-2H3. The summed E-state index contributed by atoms with van der Waals surface area (Å²) in [5, 5.41) is 14.2. The molecule has 2 fully saturated rings. The number of ether oxygens (including phenoxy) is 1. The SMILES string of the molecule is CCOC(=O)C1CCC(O)(CNC2CCCC2C)CC1. The molecule has 0 radical (unpaired) electrons. The molecule has 116 valence electrons. The van der Waals surface area contributed by atoms with Crippen LogP contribution in [0.4, 0.5) is 0 Å². The van der Waals surface area contributed by atoms with Gasteiger partial charge in [0.25, 0.3) is 0 Å². The summed E-state index contributed by atoms with van der Waals surface area (Å²) in [6.45, 7) is 5.23. The first-order valence-electron chi connectivity index (χ1n) is 8.16. The second kappa shape index (κ2) is 6.90. The van der Waals surface area contributed by atoms with E-state index in [2.05, 4.69) is 12.2 Å². The van der Waals surface area contributed by atoms with Gasteiger partial charge in [0.2, 0.25) is 0 Å². The van der Waals surface area contributed by atoms with Crippen LogP contribution in [0.2, 0.25) is 0 Å². The highest BCUT2D eigenvalue weighted by atomic mass is 16.5. The molecule has 0 heterocycles. The predicted octanol–water partition coefficient (Wildman–Crippen LogP) is 2.25.